The van der Waals surface area contributed by atoms with E-state index in [1.54, 1.807) is 12.1 Å². The number of para-hydroxylation sites is 1. The van der Waals surface area contributed by atoms with E-state index in [4.69, 9.17) is 0 Å². The Morgan fingerprint density at radius 2 is 1.79 bits per heavy atom. The predicted molar refractivity (Wildman–Crippen MR) is 113 cm³/mol. The summed E-state index contributed by atoms with van der Waals surface area (Å²) in [5.41, 5.74) is 3.43. The normalized spacial score (nSPS) is 24.7. The molecule has 1 aromatic heterocycles. The van der Waals surface area contributed by atoms with E-state index in [0.29, 0.717) is 6.04 Å². The van der Waals surface area contributed by atoms with Crippen molar-refractivity contribution in [3.63, 3.8) is 0 Å². The molecule has 5 heteroatoms. The van der Waals surface area contributed by atoms with E-state index in [9.17, 15) is 9.90 Å². The summed E-state index contributed by atoms with van der Waals surface area (Å²) >= 11 is 3.66. The summed E-state index contributed by atoms with van der Waals surface area (Å²) in [4.78, 5) is 19.0. The fourth-order valence-corrected chi connectivity index (χ4v) is 5.64. The molecule has 28 heavy (non-hydrogen) atoms. The Bertz CT molecular complexity index is 1030. The number of nitrogens with zero attached hydrogens (tertiary/aromatic N) is 1. The first-order chi connectivity index (χ1) is 13.6. The molecule has 0 radical (unpaired) electrons. The van der Waals surface area contributed by atoms with Crippen molar-refractivity contribution < 1.29 is 9.90 Å². The molecule has 4 nitrogen and oxygen atoms in total. The number of aromatic hydroxyl groups is 1. The number of piperidine rings is 1. The fourth-order valence-electron chi connectivity index (χ4n) is 5.05. The molecule has 3 aromatic rings. The molecule has 2 fully saturated rings. The average Bonchev–Trinajstić information content (AvgIpc) is 3.26. The highest BCUT2D eigenvalue weighted by atomic mass is 79.9. The molecular weight excluding hydrogens is 416 g/mol. The molecule has 3 atom stereocenters. The minimum Gasteiger partial charge on any atom is -0.508 e. The highest BCUT2D eigenvalue weighted by Gasteiger charge is 2.43. The lowest BCUT2D eigenvalue weighted by Gasteiger charge is -2.38. The lowest BCUT2D eigenvalue weighted by molar-refractivity contribution is -0.142. The van der Waals surface area contributed by atoms with Crippen LogP contribution < -0.4 is 0 Å². The Morgan fingerprint density at radius 3 is 2.61 bits per heavy atom. The van der Waals surface area contributed by atoms with Gasteiger partial charge in [-0.25, -0.2) is 0 Å². The van der Waals surface area contributed by atoms with Crippen molar-refractivity contribution in [3.8, 4) is 5.75 Å². The molecular formula is C23H23BrN2O2. The van der Waals surface area contributed by atoms with Gasteiger partial charge in [0.1, 0.15) is 5.75 Å². The number of nitrogens with one attached hydrogen (secondary N) is 1. The number of benzene rings is 2. The number of aromatic amines is 1. The summed E-state index contributed by atoms with van der Waals surface area (Å²) in [6, 6.07) is 16.1. The third kappa shape index (κ3) is 2.93. The van der Waals surface area contributed by atoms with E-state index in [2.05, 4.69) is 37.9 Å². The molecule has 144 valence electrons. The van der Waals surface area contributed by atoms with Crippen molar-refractivity contribution in [2.75, 3.05) is 0 Å². The number of amides is 1. The fraction of sp³-hybridized carbons (Fsp3) is 0.348. The number of hydrogen-bond acceptors (Lipinski definition) is 2. The first kappa shape index (κ1) is 17.8. The van der Waals surface area contributed by atoms with Gasteiger partial charge in [0, 0.05) is 22.9 Å². The van der Waals surface area contributed by atoms with Crippen LogP contribution in [-0.4, -0.2) is 26.9 Å². The number of aromatic nitrogens is 1. The average molecular weight is 439 g/mol. The molecule has 2 saturated heterocycles. The summed E-state index contributed by atoms with van der Waals surface area (Å²) in [5, 5.41) is 10.8. The molecule has 2 aromatic carbocycles. The number of halogens is 1. The standard InChI is InChI=1S/C23H23BrN2O2/c24-22-19(18-3-1-2-4-20(18)25-22)13-15-5-8-16-9-12-21(26(16)23(15)28)14-6-10-17(27)11-7-14/h1-4,6-7,10-11,15-16,21,25,27H,5,8-9,12-13H2. The highest BCUT2D eigenvalue weighted by Crippen LogP contribution is 2.44. The maximum atomic E-state index is 13.5. The number of carbonyl (C=O) groups excluding carboxylic acids is 1. The number of phenols is 1. The first-order valence-electron chi connectivity index (χ1n) is 9.98. The Hall–Kier alpha value is -2.27. The van der Waals surface area contributed by atoms with Crippen molar-refractivity contribution in [1.29, 1.82) is 0 Å². The third-order valence-electron chi connectivity index (χ3n) is 6.44. The maximum absolute atomic E-state index is 13.5. The molecule has 2 aliphatic rings. The Morgan fingerprint density at radius 1 is 1.04 bits per heavy atom. The Labute approximate surface area is 172 Å². The predicted octanol–water partition coefficient (Wildman–Crippen LogP) is 5.32. The van der Waals surface area contributed by atoms with Crippen molar-refractivity contribution in [2.24, 2.45) is 5.92 Å². The zero-order chi connectivity index (χ0) is 19.3. The molecule has 5 rings (SSSR count). The van der Waals surface area contributed by atoms with E-state index < -0.39 is 0 Å². The zero-order valence-electron chi connectivity index (χ0n) is 15.6. The van der Waals surface area contributed by atoms with Crippen LogP contribution >= 0.6 is 15.9 Å². The summed E-state index contributed by atoms with van der Waals surface area (Å²) in [6.07, 6.45) is 4.86. The van der Waals surface area contributed by atoms with E-state index in [-0.39, 0.29) is 23.6 Å². The number of phenolic OH excluding ortho intramolecular Hbond substituents is 1. The zero-order valence-corrected chi connectivity index (χ0v) is 17.2. The van der Waals surface area contributed by atoms with Crippen LogP contribution in [0.5, 0.6) is 5.75 Å². The summed E-state index contributed by atoms with van der Waals surface area (Å²) < 4.78 is 0.986. The summed E-state index contributed by atoms with van der Waals surface area (Å²) in [5.74, 6) is 0.568. The molecule has 2 N–H and O–H groups in total. The van der Waals surface area contributed by atoms with Gasteiger partial charge in [-0.15, -0.1) is 0 Å². The van der Waals surface area contributed by atoms with E-state index in [1.807, 2.05) is 24.3 Å². The number of hydrogen-bond donors (Lipinski definition) is 2. The number of H-pyrrole nitrogens is 1. The van der Waals surface area contributed by atoms with E-state index in [0.717, 1.165) is 47.8 Å². The van der Waals surface area contributed by atoms with Crippen LogP contribution in [0.3, 0.4) is 0 Å². The van der Waals surface area contributed by atoms with Gasteiger partial charge in [-0.2, -0.15) is 0 Å². The summed E-state index contributed by atoms with van der Waals surface area (Å²) in [6.45, 7) is 0. The quantitative estimate of drug-likeness (QED) is 0.581. The van der Waals surface area contributed by atoms with Crippen molar-refractivity contribution in [3.05, 3.63) is 64.3 Å². The Balaban J connectivity index is 1.42. The lowest BCUT2D eigenvalue weighted by atomic mass is 9.87. The molecule has 0 aliphatic carbocycles. The lowest BCUT2D eigenvalue weighted by Crippen LogP contribution is -2.46. The molecule has 2 aliphatic heterocycles. The summed E-state index contributed by atoms with van der Waals surface area (Å²) in [7, 11) is 0. The number of carbonyl (C=O) groups is 1. The van der Waals surface area contributed by atoms with Gasteiger partial charge >= 0.3 is 0 Å². The van der Waals surface area contributed by atoms with E-state index in [1.165, 1.54) is 10.9 Å². The van der Waals surface area contributed by atoms with E-state index >= 15 is 0 Å². The maximum Gasteiger partial charge on any atom is 0.226 e. The van der Waals surface area contributed by atoms with Gasteiger partial charge in [-0.1, -0.05) is 30.3 Å². The second-order valence-corrected chi connectivity index (χ2v) is 8.82. The van der Waals surface area contributed by atoms with Gasteiger partial charge in [0.25, 0.3) is 0 Å². The number of rotatable bonds is 3. The minimum absolute atomic E-state index is 0.0180. The topological polar surface area (TPSA) is 56.3 Å². The molecule has 0 saturated carbocycles. The van der Waals surface area contributed by atoms with Gasteiger partial charge in [0.05, 0.1) is 10.6 Å². The number of fused-ring (bicyclic) bond motifs is 2. The van der Waals surface area contributed by atoms with Crippen LogP contribution in [0, 0.1) is 5.92 Å². The first-order valence-corrected chi connectivity index (χ1v) is 10.8. The SMILES string of the molecule is O=C1C(Cc2c(Br)[nH]c3ccccc23)CCC2CCC(c3ccc(O)cc3)N12. The van der Waals surface area contributed by atoms with Crippen LogP contribution in [0.25, 0.3) is 10.9 Å². The third-order valence-corrected chi connectivity index (χ3v) is 7.12. The van der Waals surface area contributed by atoms with Crippen LogP contribution in [0.15, 0.2) is 53.1 Å². The largest absolute Gasteiger partial charge is 0.508 e. The van der Waals surface area contributed by atoms with Crippen LogP contribution in [0.2, 0.25) is 0 Å². The minimum atomic E-state index is 0.0180. The molecule has 1 amide bonds. The van der Waals surface area contributed by atoms with Crippen LogP contribution in [0.1, 0.15) is 42.9 Å². The van der Waals surface area contributed by atoms with Crippen molar-refractivity contribution in [2.45, 2.75) is 44.2 Å². The molecule has 3 heterocycles. The second-order valence-electron chi connectivity index (χ2n) is 8.03. The molecule has 0 bridgehead atoms. The van der Waals surface area contributed by atoms with Crippen LogP contribution in [0.4, 0.5) is 0 Å². The van der Waals surface area contributed by atoms with Gasteiger partial charge in [-0.3, -0.25) is 4.79 Å². The monoisotopic (exact) mass is 438 g/mol. The van der Waals surface area contributed by atoms with Crippen LogP contribution in [-0.2, 0) is 11.2 Å². The van der Waals surface area contributed by atoms with Gasteiger partial charge < -0.3 is 15.0 Å². The van der Waals surface area contributed by atoms with Crippen molar-refractivity contribution in [1.82, 2.24) is 9.88 Å². The van der Waals surface area contributed by atoms with Gasteiger partial charge in [0.2, 0.25) is 5.91 Å². The smallest absolute Gasteiger partial charge is 0.226 e. The molecule has 0 spiro atoms. The van der Waals surface area contributed by atoms with Crippen molar-refractivity contribution >= 4 is 32.7 Å². The molecule has 3 unspecified atom stereocenters. The highest BCUT2D eigenvalue weighted by molar-refractivity contribution is 9.10. The second kappa shape index (κ2) is 6.96. The van der Waals surface area contributed by atoms with Gasteiger partial charge in [-0.05, 0) is 77.4 Å². The van der Waals surface area contributed by atoms with Gasteiger partial charge in [0.15, 0.2) is 0 Å². The Kier molecular flexibility index (Phi) is 4.43.